The van der Waals surface area contributed by atoms with Crippen LogP contribution in [0.25, 0.3) is 11.1 Å². The number of carbonyl (C=O) groups is 1. The van der Waals surface area contributed by atoms with E-state index in [-0.39, 0.29) is 23.4 Å². The number of aromatic hydroxyl groups is 1. The van der Waals surface area contributed by atoms with Gasteiger partial charge in [-0.2, -0.15) is 0 Å². The first-order chi connectivity index (χ1) is 12.6. The van der Waals surface area contributed by atoms with Gasteiger partial charge in [0.25, 0.3) is 0 Å². The maximum absolute atomic E-state index is 13.6. The quantitative estimate of drug-likeness (QED) is 0.701. The number of phenols is 1. The third-order valence-electron chi connectivity index (χ3n) is 4.53. The number of fused-ring (bicyclic) bond motifs is 1. The second kappa shape index (κ2) is 6.46. The summed E-state index contributed by atoms with van der Waals surface area (Å²) in [5.74, 6) is -0.154. The van der Waals surface area contributed by atoms with E-state index in [1.807, 2.05) is 17.5 Å². The Morgan fingerprint density at radius 1 is 1.27 bits per heavy atom. The van der Waals surface area contributed by atoms with Gasteiger partial charge in [-0.15, -0.1) is 11.3 Å². The Hall–Kier alpha value is -2.86. The predicted octanol–water partition coefficient (Wildman–Crippen LogP) is 4.74. The Balaban J connectivity index is 1.80. The van der Waals surface area contributed by atoms with Crippen molar-refractivity contribution >= 4 is 22.9 Å². The first-order valence-electron chi connectivity index (χ1n) is 8.11. The molecule has 0 bridgehead atoms. The third kappa shape index (κ3) is 2.82. The number of halogens is 1. The average molecular weight is 369 g/mol. The largest absolute Gasteiger partial charge is 0.504 e. The van der Waals surface area contributed by atoms with Crippen molar-refractivity contribution in [2.75, 3.05) is 12.4 Å². The Kier molecular flexibility index (Phi) is 4.12. The topological polar surface area (TPSA) is 58.6 Å². The number of ether oxygens (including phenoxy) is 1. The zero-order valence-electron chi connectivity index (χ0n) is 14.0. The standard InChI is InChI=1S/C20H16FNO3S/c1-25-17-6-5-12(8-16(17)23)14-9-18(24)22-19-15(10-26-20(14)19)11-3-2-4-13(21)7-11/h2-8,10,14,23H,9H2,1H3,(H,22,24)/t14-/m0/s1. The molecule has 0 aliphatic carbocycles. The maximum Gasteiger partial charge on any atom is 0.225 e. The molecule has 1 amide bonds. The van der Waals surface area contributed by atoms with E-state index in [9.17, 15) is 14.3 Å². The van der Waals surface area contributed by atoms with Crippen LogP contribution in [-0.4, -0.2) is 18.1 Å². The molecule has 1 aromatic heterocycles. The van der Waals surface area contributed by atoms with Crippen molar-refractivity contribution in [2.24, 2.45) is 0 Å². The van der Waals surface area contributed by atoms with Gasteiger partial charge >= 0.3 is 0 Å². The van der Waals surface area contributed by atoms with Gasteiger partial charge in [0, 0.05) is 28.2 Å². The summed E-state index contributed by atoms with van der Waals surface area (Å²) >= 11 is 1.52. The van der Waals surface area contributed by atoms with Crippen LogP contribution < -0.4 is 10.1 Å². The minimum absolute atomic E-state index is 0.0411. The molecule has 6 heteroatoms. The van der Waals surface area contributed by atoms with Crippen molar-refractivity contribution in [3.8, 4) is 22.6 Å². The normalized spacial score (nSPS) is 16.1. The summed E-state index contributed by atoms with van der Waals surface area (Å²) in [5, 5.41) is 14.9. The van der Waals surface area contributed by atoms with Crippen LogP contribution in [0.2, 0.25) is 0 Å². The van der Waals surface area contributed by atoms with Gasteiger partial charge in [0.05, 0.1) is 12.8 Å². The fourth-order valence-electron chi connectivity index (χ4n) is 3.29. The molecule has 0 spiro atoms. The average Bonchev–Trinajstić information content (AvgIpc) is 3.04. The highest BCUT2D eigenvalue weighted by molar-refractivity contribution is 7.11. The second-order valence-electron chi connectivity index (χ2n) is 6.14. The number of rotatable bonds is 3. The second-order valence-corrected chi connectivity index (χ2v) is 7.05. The van der Waals surface area contributed by atoms with Gasteiger partial charge < -0.3 is 15.2 Å². The highest BCUT2D eigenvalue weighted by Gasteiger charge is 2.31. The smallest absolute Gasteiger partial charge is 0.225 e. The molecule has 2 N–H and O–H groups in total. The minimum Gasteiger partial charge on any atom is -0.504 e. The number of nitrogens with one attached hydrogen (secondary N) is 1. The maximum atomic E-state index is 13.6. The molecule has 1 aliphatic heterocycles. The fourth-order valence-corrected chi connectivity index (χ4v) is 4.45. The van der Waals surface area contributed by atoms with E-state index in [2.05, 4.69) is 5.32 Å². The van der Waals surface area contributed by atoms with Crippen molar-refractivity contribution in [3.05, 3.63) is 64.1 Å². The Morgan fingerprint density at radius 3 is 2.85 bits per heavy atom. The number of anilines is 1. The van der Waals surface area contributed by atoms with Crippen LogP contribution in [0.15, 0.2) is 47.8 Å². The van der Waals surface area contributed by atoms with Crippen molar-refractivity contribution in [3.63, 3.8) is 0 Å². The number of hydrogen-bond donors (Lipinski definition) is 2. The van der Waals surface area contributed by atoms with Crippen LogP contribution in [-0.2, 0) is 4.79 Å². The van der Waals surface area contributed by atoms with Crippen LogP contribution in [0.4, 0.5) is 10.1 Å². The highest BCUT2D eigenvalue weighted by atomic mass is 32.1. The van der Waals surface area contributed by atoms with Crippen molar-refractivity contribution in [2.45, 2.75) is 12.3 Å². The number of carbonyl (C=O) groups excluding carboxylic acids is 1. The monoisotopic (exact) mass is 369 g/mol. The minimum atomic E-state index is -0.318. The molecule has 0 fully saturated rings. The molecule has 26 heavy (non-hydrogen) atoms. The van der Waals surface area contributed by atoms with Crippen LogP contribution >= 0.6 is 11.3 Å². The van der Waals surface area contributed by atoms with E-state index in [0.717, 1.165) is 27.3 Å². The lowest BCUT2D eigenvalue weighted by molar-refractivity contribution is -0.116. The lowest BCUT2D eigenvalue weighted by Gasteiger charge is -2.24. The van der Waals surface area contributed by atoms with E-state index in [0.29, 0.717) is 12.2 Å². The molecule has 4 rings (SSSR count). The summed E-state index contributed by atoms with van der Waals surface area (Å²) in [7, 11) is 1.49. The number of phenolic OH excluding ortho intramolecular Hbond substituents is 1. The van der Waals surface area contributed by atoms with Crippen LogP contribution in [0.1, 0.15) is 22.8 Å². The summed E-state index contributed by atoms with van der Waals surface area (Å²) in [4.78, 5) is 13.3. The lowest BCUT2D eigenvalue weighted by atomic mass is 9.89. The van der Waals surface area contributed by atoms with E-state index < -0.39 is 0 Å². The molecule has 1 atom stereocenters. The van der Waals surface area contributed by atoms with E-state index in [4.69, 9.17) is 4.74 Å². The molecule has 0 unspecified atom stereocenters. The van der Waals surface area contributed by atoms with Crippen molar-refractivity contribution < 1.29 is 19.0 Å². The molecule has 4 nitrogen and oxygen atoms in total. The predicted molar refractivity (Wildman–Crippen MR) is 99.5 cm³/mol. The summed E-state index contributed by atoms with van der Waals surface area (Å²) < 4.78 is 18.7. The fraction of sp³-hybridized carbons (Fsp3) is 0.150. The summed E-state index contributed by atoms with van der Waals surface area (Å²) in [6.07, 6.45) is 0.294. The number of thiophene rings is 1. The zero-order valence-corrected chi connectivity index (χ0v) is 14.8. The first kappa shape index (κ1) is 16.6. The van der Waals surface area contributed by atoms with Crippen molar-refractivity contribution in [1.29, 1.82) is 0 Å². The van der Waals surface area contributed by atoms with Gasteiger partial charge in [-0.25, -0.2) is 4.39 Å². The Labute approximate surface area is 153 Å². The first-order valence-corrected chi connectivity index (χ1v) is 8.99. The molecule has 0 saturated carbocycles. The molecule has 2 heterocycles. The van der Waals surface area contributed by atoms with Gasteiger partial charge in [0.15, 0.2) is 11.5 Å². The molecule has 0 saturated heterocycles. The van der Waals surface area contributed by atoms with Crippen molar-refractivity contribution in [1.82, 2.24) is 0 Å². The van der Waals surface area contributed by atoms with Gasteiger partial charge in [0.1, 0.15) is 5.82 Å². The molecule has 0 radical (unpaired) electrons. The number of amides is 1. The van der Waals surface area contributed by atoms with Gasteiger partial charge in [-0.3, -0.25) is 4.79 Å². The van der Waals surface area contributed by atoms with E-state index >= 15 is 0 Å². The van der Waals surface area contributed by atoms with Crippen LogP contribution in [0.3, 0.4) is 0 Å². The highest BCUT2D eigenvalue weighted by Crippen LogP contribution is 2.47. The SMILES string of the molecule is COc1ccc([C@@H]2CC(=O)Nc3c(-c4cccc(F)c4)csc32)cc1O. The third-order valence-corrected chi connectivity index (χ3v) is 5.63. The summed E-state index contributed by atoms with van der Waals surface area (Å²) in [6.45, 7) is 0. The summed E-state index contributed by atoms with van der Waals surface area (Å²) in [5.41, 5.74) is 3.09. The molecular formula is C20H16FNO3S. The lowest BCUT2D eigenvalue weighted by Crippen LogP contribution is -2.22. The molecule has 132 valence electrons. The number of hydrogen-bond acceptors (Lipinski definition) is 4. The van der Waals surface area contributed by atoms with Gasteiger partial charge in [0.2, 0.25) is 5.91 Å². The number of benzene rings is 2. The van der Waals surface area contributed by atoms with E-state index in [1.54, 1.807) is 18.2 Å². The zero-order chi connectivity index (χ0) is 18.3. The van der Waals surface area contributed by atoms with Gasteiger partial charge in [-0.05, 0) is 35.4 Å². The van der Waals surface area contributed by atoms with Gasteiger partial charge in [-0.1, -0.05) is 18.2 Å². The van der Waals surface area contributed by atoms with Crippen LogP contribution in [0.5, 0.6) is 11.5 Å². The molecule has 3 aromatic rings. The number of methoxy groups -OCH3 is 1. The van der Waals surface area contributed by atoms with E-state index in [1.165, 1.54) is 30.6 Å². The molecular weight excluding hydrogens is 353 g/mol. The van der Waals surface area contributed by atoms with Crippen LogP contribution in [0, 0.1) is 5.82 Å². The Morgan fingerprint density at radius 2 is 2.12 bits per heavy atom. The molecule has 1 aliphatic rings. The molecule has 2 aromatic carbocycles. The Bertz CT molecular complexity index is 998. The summed E-state index contributed by atoms with van der Waals surface area (Å²) in [6, 6.07) is 11.5.